The number of hydrogen-bond acceptors (Lipinski definition) is 0. The van der Waals surface area contributed by atoms with Gasteiger partial charge < -0.3 is 0 Å². The van der Waals surface area contributed by atoms with Crippen LogP contribution in [-0.2, 0) is 12.8 Å². The number of hydrogen-bond donors (Lipinski definition) is 0. The molecule has 3 aromatic rings. The molecule has 0 saturated carbocycles. The molecule has 0 bridgehead atoms. The molecule has 0 amide bonds. The van der Waals surface area contributed by atoms with Crippen LogP contribution in [0, 0.1) is 0 Å². The second-order valence-electron chi connectivity index (χ2n) is 5.54. The molecule has 0 N–H and O–H groups in total. The maximum Gasteiger partial charge on any atom is 0.0855 e. The smallest absolute Gasteiger partial charge is 0.0855 e. The van der Waals surface area contributed by atoms with Gasteiger partial charge in [-0.3, -0.25) is 0 Å². The summed E-state index contributed by atoms with van der Waals surface area (Å²) in [6, 6.07) is 18.7. The number of alkyl halides is 1. The van der Waals surface area contributed by atoms with Crippen molar-refractivity contribution in [1.29, 1.82) is 0 Å². The summed E-state index contributed by atoms with van der Waals surface area (Å²) in [6.45, 7) is 0. The second-order valence-corrected chi connectivity index (χ2v) is 6.38. The Balaban J connectivity index is 1.94. The van der Waals surface area contributed by atoms with Crippen LogP contribution in [0.3, 0.4) is 0 Å². The van der Waals surface area contributed by atoms with Crippen molar-refractivity contribution in [2.45, 2.75) is 18.2 Å². The summed E-state index contributed by atoms with van der Waals surface area (Å²) in [5, 5.41) is 3.17. The van der Waals surface area contributed by atoms with Gasteiger partial charge in [0, 0.05) is 5.02 Å². The van der Waals surface area contributed by atoms with Gasteiger partial charge in [0.2, 0.25) is 0 Å². The number of rotatable bonds is 2. The third-order valence-corrected chi connectivity index (χ3v) is 5.18. The molecule has 4 rings (SSSR count). The third kappa shape index (κ3) is 2.06. The minimum atomic E-state index is -0.219. The van der Waals surface area contributed by atoms with Crippen molar-refractivity contribution in [2.75, 3.05) is 0 Å². The predicted octanol–water partition coefficient (Wildman–Crippen LogP) is 5.92. The second kappa shape index (κ2) is 5.05. The molecule has 0 fully saturated rings. The fourth-order valence-electron chi connectivity index (χ4n) is 3.34. The maximum atomic E-state index is 6.76. The van der Waals surface area contributed by atoms with E-state index >= 15 is 0 Å². The minimum Gasteiger partial charge on any atom is -0.113 e. The van der Waals surface area contributed by atoms with Crippen molar-refractivity contribution in [3.63, 3.8) is 0 Å². The molecule has 1 unspecified atom stereocenters. The van der Waals surface area contributed by atoms with Crippen LogP contribution in [-0.4, -0.2) is 0 Å². The van der Waals surface area contributed by atoms with Crippen molar-refractivity contribution >= 4 is 34.0 Å². The first-order chi connectivity index (χ1) is 10.3. The molecule has 0 aromatic heterocycles. The van der Waals surface area contributed by atoms with Crippen LogP contribution >= 0.6 is 23.2 Å². The van der Waals surface area contributed by atoms with Gasteiger partial charge >= 0.3 is 0 Å². The predicted molar refractivity (Wildman–Crippen MR) is 90.5 cm³/mol. The zero-order valence-corrected chi connectivity index (χ0v) is 13.0. The fourth-order valence-corrected chi connectivity index (χ4v) is 4.02. The zero-order chi connectivity index (χ0) is 14.4. The van der Waals surface area contributed by atoms with Gasteiger partial charge in [-0.1, -0.05) is 60.1 Å². The molecule has 2 heteroatoms. The Kier molecular flexibility index (Phi) is 3.17. The largest absolute Gasteiger partial charge is 0.113 e. The summed E-state index contributed by atoms with van der Waals surface area (Å²) in [7, 11) is 0. The molecule has 0 heterocycles. The molecule has 1 atom stereocenters. The van der Waals surface area contributed by atoms with E-state index in [1.807, 2.05) is 24.3 Å². The fraction of sp³-hybridized carbons (Fsp3) is 0.158. The molecule has 0 saturated heterocycles. The van der Waals surface area contributed by atoms with Gasteiger partial charge in [-0.25, -0.2) is 0 Å². The lowest BCUT2D eigenvalue weighted by Crippen LogP contribution is -1.96. The van der Waals surface area contributed by atoms with Gasteiger partial charge in [0.15, 0.2) is 0 Å². The van der Waals surface area contributed by atoms with Crippen LogP contribution in [0.2, 0.25) is 5.02 Å². The average Bonchev–Trinajstić information content (AvgIpc) is 2.93. The Hall–Kier alpha value is -1.50. The molecule has 21 heavy (non-hydrogen) atoms. The number of halogens is 2. The van der Waals surface area contributed by atoms with E-state index in [1.165, 1.54) is 21.9 Å². The van der Waals surface area contributed by atoms with Gasteiger partial charge in [-0.05, 0) is 51.9 Å². The standard InChI is InChI=1S/C19H14Cl2/c20-17-7-2-1-5-16(17)19(21)15-11-10-13-9-8-12-4-3-6-14(15)18(12)13/h1-7,10-11,19H,8-9H2. The van der Waals surface area contributed by atoms with Crippen LogP contribution in [0.25, 0.3) is 10.8 Å². The van der Waals surface area contributed by atoms with E-state index in [0.29, 0.717) is 0 Å². The Morgan fingerprint density at radius 2 is 1.52 bits per heavy atom. The van der Waals surface area contributed by atoms with Crippen LogP contribution in [0.1, 0.15) is 27.6 Å². The van der Waals surface area contributed by atoms with E-state index in [9.17, 15) is 0 Å². The average molecular weight is 313 g/mol. The highest BCUT2D eigenvalue weighted by atomic mass is 35.5. The lowest BCUT2D eigenvalue weighted by atomic mass is 9.95. The van der Waals surface area contributed by atoms with E-state index < -0.39 is 0 Å². The summed E-state index contributed by atoms with van der Waals surface area (Å²) < 4.78 is 0. The highest BCUT2D eigenvalue weighted by Gasteiger charge is 2.21. The zero-order valence-electron chi connectivity index (χ0n) is 11.4. The summed E-state index contributed by atoms with van der Waals surface area (Å²) in [4.78, 5) is 0. The quantitative estimate of drug-likeness (QED) is 0.515. The van der Waals surface area contributed by atoms with Gasteiger partial charge in [-0.2, -0.15) is 0 Å². The maximum absolute atomic E-state index is 6.76. The first-order valence-corrected chi connectivity index (χ1v) is 7.99. The van der Waals surface area contributed by atoms with E-state index in [4.69, 9.17) is 23.2 Å². The summed E-state index contributed by atoms with van der Waals surface area (Å²) in [6.07, 6.45) is 2.27. The Morgan fingerprint density at radius 3 is 2.33 bits per heavy atom. The van der Waals surface area contributed by atoms with Gasteiger partial charge in [0.05, 0.1) is 5.38 Å². The van der Waals surface area contributed by atoms with Gasteiger partial charge in [-0.15, -0.1) is 11.6 Å². The first kappa shape index (κ1) is 13.2. The normalized spacial score (nSPS) is 14.6. The summed E-state index contributed by atoms with van der Waals surface area (Å²) >= 11 is 13.1. The lowest BCUT2D eigenvalue weighted by Gasteiger charge is -2.15. The van der Waals surface area contributed by atoms with Gasteiger partial charge in [0.1, 0.15) is 0 Å². The van der Waals surface area contributed by atoms with Gasteiger partial charge in [0.25, 0.3) is 0 Å². The Labute approximate surface area is 134 Å². The van der Waals surface area contributed by atoms with Crippen LogP contribution < -0.4 is 0 Å². The monoisotopic (exact) mass is 312 g/mol. The minimum absolute atomic E-state index is 0.219. The molecule has 1 aliphatic carbocycles. The Morgan fingerprint density at radius 1 is 0.762 bits per heavy atom. The van der Waals surface area contributed by atoms with Crippen LogP contribution in [0.4, 0.5) is 0 Å². The van der Waals surface area contributed by atoms with Crippen molar-refractivity contribution in [2.24, 2.45) is 0 Å². The lowest BCUT2D eigenvalue weighted by molar-refractivity contribution is 1.02. The topological polar surface area (TPSA) is 0 Å². The third-order valence-electron chi connectivity index (χ3n) is 4.36. The molecule has 3 aromatic carbocycles. The van der Waals surface area contributed by atoms with Crippen LogP contribution in [0.5, 0.6) is 0 Å². The first-order valence-electron chi connectivity index (χ1n) is 7.17. The molecular formula is C19H14Cl2. The molecule has 0 radical (unpaired) electrons. The number of benzene rings is 3. The van der Waals surface area contributed by atoms with Crippen molar-refractivity contribution in [1.82, 2.24) is 0 Å². The summed E-state index contributed by atoms with van der Waals surface area (Å²) in [5.74, 6) is 0. The highest BCUT2D eigenvalue weighted by molar-refractivity contribution is 6.33. The van der Waals surface area contributed by atoms with E-state index in [-0.39, 0.29) is 5.38 Å². The molecular weight excluding hydrogens is 299 g/mol. The molecule has 0 aliphatic heterocycles. The summed E-state index contributed by atoms with van der Waals surface area (Å²) in [5.41, 5.74) is 4.99. The molecule has 0 nitrogen and oxygen atoms in total. The van der Waals surface area contributed by atoms with Crippen molar-refractivity contribution < 1.29 is 0 Å². The van der Waals surface area contributed by atoms with E-state index in [2.05, 4.69) is 30.3 Å². The highest BCUT2D eigenvalue weighted by Crippen LogP contribution is 2.40. The van der Waals surface area contributed by atoms with E-state index in [0.717, 1.165) is 29.0 Å². The molecule has 104 valence electrons. The molecule has 0 spiro atoms. The van der Waals surface area contributed by atoms with Crippen LogP contribution in [0.15, 0.2) is 54.6 Å². The SMILES string of the molecule is Clc1ccccc1C(Cl)c1ccc2c3c(cccc13)CC2. The Bertz CT molecular complexity index is 826. The van der Waals surface area contributed by atoms with Crippen molar-refractivity contribution in [3.8, 4) is 0 Å². The van der Waals surface area contributed by atoms with Crippen molar-refractivity contribution in [3.05, 3.63) is 81.9 Å². The number of aryl methyl sites for hydroxylation is 2. The van der Waals surface area contributed by atoms with E-state index in [1.54, 1.807) is 0 Å². The molecule has 1 aliphatic rings.